The number of nitrogens with zero attached hydrogens (tertiary/aromatic N) is 2. The Bertz CT molecular complexity index is 1030. The van der Waals surface area contributed by atoms with Gasteiger partial charge in [0.15, 0.2) is 16.2 Å². The van der Waals surface area contributed by atoms with Crippen molar-refractivity contribution in [3.05, 3.63) is 60.2 Å². The molecule has 124 valence electrons. The first-order valence-corrected chi connectivity index (χ1v) is 8.75. The van der Waals surface area contributed by atoms with E-state index in [1.807, 2.05) is 0 Å². The molecule has 0 unspecified atom stereocenters. The van der Waals surface area contributed by atoms with Crippen molar-refractivity contribution < 1.29 is 13.5 Å². The van der Waals surface area contributed by atoms with Crippen molar-refractivity contribution in [2.24, 2.45) is 0 Å². The van der Waals surface area contributed by atoms with Gasteiger partial charge in [-0.3, -0.25) is 9.81 Å². The summed E-state index contributed by atoms with van der Waals surface area (Å²) < 4.78 is 27.4. The molecule has 0 aliphatic carbocycles. The van der Waals surface area contributed by atoms with Gasteiger partial charge in [-0.05, 0) is 24.3 Å². The van der Waals surface area contributed by atoms with Crippen LogP contribution in [-0.2, 0) is 9.84 Å². The van der Waals surface area contributed by atoms with E-state index in [-0.39, 0.29) is 34.2 Å². The number of hydrogen-bond acceptors (Lipinski definition) is 6. The Labute approximate surface area is 138 Å². The number of rotatable bonds is 5. The van der Waals surface area contributed by atoms with E-state index < -0.39 is 9.84 Å². The third-order valence-electron chi connectivity index (χ3n) is 3.46. The molecule has 7 nitrogen and oxygen atoms in total. The van der Waals surface area contributed by atoms with Gasteiger partial charge in [-0.25, -0.2) is 13.4 Å². The van der Waals surface area contributed by atoms with E-state index in [4.69, 9.17) is 10.5 Å². The van der Waals surface area contributed by atoms with Crippen LogP contribution in [-0.4, -0.2) is 36.1 Å². The van der Waals surface area contributed by atoms with Crippen molar-refractivity contribution in [3.63, 3.8) is 0 Å². The van der Waals surface area contributed by atoms with Crippen LogP contribution < -0.4 is 10.8 Å². The van der Waals surface area contributed by atoms with Crippen LogP contribution in [0.3, 0.4) is 0 Å². The maximum atomic E-state index is 13.0. The minimum Gasteiger partial charge on any atom is -0.395 e. The molecule has 0 radical (unpaired) electrons. The molecule has 0 atom stereocenters. The lowest BCUT2D eigenvalue weighted by Crippen LogP contribution is -2.26. The van der Waals surface area contributed by atoms with E-state index in [0.717, 1.165) is 0 Å². The summed E-state index contributed by atoms with van der Waals surface area (Å²) in [4.78, 5) is 4.18. The molecule has 24 heavy (non-hydrogen) atoms. The van der Waals surface area contributed by atoms with Crippen molar-refractivity contribution in [2.45, 2.75) is 9.79 Å². The van der Waals surface area contributed by atoms with Crippen LogP contribution in [0.1, 0.15) is 0 Å². The summed E-state index contributed by atoms with van der Waals surface area (Å²) >= 11 is 0. The molecule has 8 heteroatoms. The maximum absolute atomic E-state index is 13.0. The SMILES string of the molecule is N=c1c(S(=O)(=O)c2ccccc2)c(NCCO)nc2ccccn12. The highest BCUT2D eigenvalue weighted by atomic mass is 32.2. The van der Waals surface area contributed by atoms with Gasteiger partial charge in [0, 0.05) is 12.7 Å². The number of fused-ring (bicyclic) bond motifs is 1. The normalized spacial score (nSPS) is 11.5. The molecule has 3 aromatic rings. The van der Waals surface area contributed by atoms with E-state index in [1.165, 1.54) is 16.5 Å². The second kappa shape index (κ2) is 6.42. The zero-order valence-electron chi connectivity index (χ0n) is 12.7. The molecule has 0 bridgehead atoms. The van der Waals surface area contributed by atoms with Crippen LogP contribution >= 0.6 is 0 Å². The van der Waals surface area contributed by atoms with Crippen molar-refractivity contribution in [2.75, 3.05) is 18.5 Å². The first-order chi connectivity index (χ1) is 11.6. The highest BCUT2D eigenvalue weighted by Crippen LogP contribution is 2.23. The van der Waals surface area contributed by atoms with Crippen LogP contribution in [0.15, 0.2) is 64.5 Å². The average Bonchev–Trinajstić information content (AvgIpc) is 2.60. The lowest BCUT2D eigenvalue weighted by Gasteiger charge is -2.13. The number of nitrogens with one attached hydrogen (secondary N) is 2. The molecule has 0 fully saturated rings. The second-order valence-electron chi connectivity index (χ2n) is 5.03. The average molecular weight is 344 g/mol. The highest BCUT2D eigenvalue weighted by molar-refractivity contribution is 7.91. The summed E-state index contributed by atoms with van der Waals surface area (Å²) in [6, 6.07) is 13.1. The van der Waals surface area contributed by atoms with Crippen LogP contribution in [0.4, 0.5) is 5.82 Å². The first kappa shape index (κ1) is 16.2. The molecular formula is C16H16N4O3S. The monoisotopic (exact) mass is 344 g/mol. The lowest BCUT2D eigenvalue weighted by atomic mass is 10.4. The Kier molecular flexibility index (Phi) is 4.32. The maximum Gasteiger partial charge on any atom is 0.213 e. The second-order valence-corrected chi connectivity index (χ2v) is 6.92. The minimum atomic E-state index is -3.94. The van der Waals surface area contributed by atoms with E-state index in [1.54, 1.807) is 42.6 Å². The van der Waals surface area contributed by atoms with Crippen molar-refractivity contribution >= 4 is 21.3 Å². The molecular weight excluding hydrogens is 328 g/mol. The number of anilines is 1. The van der Waals surface area contributed by atoms with Crippen LogP contribution in [0, 0.1) is 5.41 Å². The Morgan fingerprint density at radius 3 is 2.54 bits per heavy atom. The fraction of sp³-hybridized carbons (Fsp3) is 0.125. The van der Waals surface area contributed by atoms with Gasteiger partial charge in [0.05, 0.1) is 11.5 Å². The van der Waals surface area contributed by atoms with Crippen LogP contribution in [0.5, 0.6) is 0 Å². The van der Waals surface area contributed by atoms with E-state index in [9.17, 15) is 8.42 Å². The summed E-state index contributed by atoms with van der Waals surface area (Å²) in [5.74, 6) is 0.0594. The van der Waals surface area contributed by atoms with Crippen LogP contribution in [0.25, 0.3) is 5.65 Å². The minimum absolute atomic E-state index is 0.0594. The summed E-state index contributed by atoms with van der Waals surface area (Å²) in [5, 5.41) is 20.2. The quantitative estimate of drug-likeness (QED) is 0.641. The largest absolute Gasteiger partial charge is 0.395 e. The summed E-state index contributed by atoms with van der Waals surface area (Å²) in [6.07, 6.45) is 1.59. The smallest absolute Gasteiger partial charge is 0.213 e. The molecule has 1 aromatic carbocycles. The predicted molar refractivity (Wildman–Crippen MR) is 88.5 cm³/mol. The van der Waals surface area contributed by atoms with Crippen molar-refractivity contribution in [3.8, 4) is 0 Å². The zero-order valence-corrected chi connectivity index (χ0v) is 13.5. The number of aromatic nitrogens is 2. The standard InChI is InChI=1S/C16H16N4O3S/c17-15-14(24(22,23)12-6-2-1-3-7-12)16(18-9-11-21)19-13-8-4-5-10-20(13)15/h1-8,10,17-18,21H,9,11H2. The first-order valence-electron chi connectivity index (χ1n) is 7.26. The zero-order chi connectivity index (χ0) is 17.2. The van der Waals surface area contributed by atoms with Crippen LogP contribution in [0.2, 0.25) is 0 Å². The van der Waals surface area contributed by atoms with E-state index in [0.29, 0.717) is 5.65 Å². The fourth-order valence-electron chi connectivity index (χ4n) is 2.37. The predicted octanol–water partition coefficient (Wildman–Crippen LogP) is 1.05. The molecule has 3 rings (SSSR count). The lowest BCUT2D eigenvalue weighted by molar-refractivity contribution is 0.311. The molecule has 0 amide bonds. The Morgan fingerprint density at radius 1 is 1.12 bits per heavy atom. The Hall–Kier alpha value is -2.71. The molecule has 0 aliphatic heterocycles. The Balaban J connectivity index is 2.33. The number of hydrogen-bond donors (Lipinski definition) is 3. The fourth-order valence-corrected chi connectivity index (χ4v) is 3.84. The Morgan fingerprint density at radius 2 is 1.83 bits per heavy atom. The number of benzene rings is 1. The van der Waals surface area contributed by atoms with Gasteiger partial charge >= 0.3 is 0 Å². The molecule has 3 N–H and O–H groups in total. The number of aliphatic hydroxyl groups excluding tert-OH is 1. The molecule has 0 saturated carbocycles. The van der Waals surface area contributed by atoms with Gasteiger partial charge in [0.2, 0.25) is 9.84 Å². The number of aliphatic hydroxyl groups is 1. The molecule has 2 aromatic heterocycles. The summed E-state index contributed by atoms with van der Waals surface area (Å²) in [5.41, 5.74) is 0.250. The number of sulfone groups is 1. The van der Waals surface area contributed by atoms with Gasteiger partial charge in [-0.1, -0.05) is 24.3 Å². The van der Waals surface area contributed by atoms with Crippen molar-refractivity contribution in [1.29, 1.82) is 5.41 Å². The summed E-state index contributed by atoms with van der Waals surface area (Å²) in [6.45, 7) is -0.0490. The third-order valence-corrected chi connectivity index (χ3v) is 5.28. The summed E-state index contributed by atoms with van der Waals surface area (Å²) in [7, 11) is -3.94. The van der Waals surface area contributed by atoms with Gasteiger partial charge in [0.25, 0.3) is 0 Å². The molecule has 2 heterocycles. The molecule has 0 saturated heterocycles. The third kappa shape index (κ3) is 2.77. The number of pyridine rings is 1. The van der Waals surface area contributed by atoms with Crippen molar-refractivity contribution in [1.82, 2.24) is 9.38 Å². The van der Waals surface area contributed by atoms with E-state index >= 15 is 0 Å². The highest BCUT2D eigenvalue weighted by Gasteiger charge is 2.25. The van der Waals surface area contributed by atoms with Gasteiger partial charge < -0.3 is 10.4 Å². The topological polar surface area (TPSA) is 108 Å². The molecule has 0 aliphatic rings. The van der Waals surface area contributed by atoms with Gasteiger partial charge in [-0.15, -0.1) is 0 Å². The van der Waals surface area contributed by atoms with Gasteiger partial charge in [0.1, 0.15) is 5.65 Å². The van der Waals surface area contributed by atoms with E-state index in [2.05, 4.69) is 10.3 Å². The molecule has 0 spiro atoms. The van der Waals surface area contributed by atoms with Gasteiger partial charge in [-0.2, -0.15) is 0 Å².